The summed E-state index contributed by atoms with van der Waals surface area (Å²) in [6.45, 7) is 8.77. The van der Waals surface area contributed by atoms with Crippen molar-refractivity contribution in [3.8, 4) is 11.6 Å². The van der Waals surface area contributed by atoms with Crippen molar-refractivity contribution >= 4 is 29.0 Å². The molecule has 1 aromatic heterocycles. The molecule has 2 aliphatic carbocycles. The molecule has 272 valence electrons. The summed E-state index contributed by atoms with van der Waals surface area (Å²) < 4.78 is 76.9. The lowest BCUT2D eigenvalue weighted by molar-refractivity contribution is -0.152. The lowest BCUT2D eigenvalue weighted by Gasteiger charge is -2.35. The molecule has 50 heavy (non-hydrogen) atoms. The molecule has 3 aliphatic rings. The van der Waals surface area contributed by atoms with E-state index < -0.39 is 65.7 Å². The number of hydrogen-bond donors (Lipinski definition) is 1. The summed E-state index contributed by atoms with van der Waals surface area (Å²) in [5.41, 5.74) is -1.90. The average molecular weight is 707 g/mol. The van der Waals surface area contributed by atoms with Gasteiger partial charge in [-0.25, -0.2) is 19.6 Å². The molecule has 7 atom stereocenters. The molecule has 15 heteroatoms. The Balaban J connectivity index is 1.38. The molecule has 0 radical (unpaired) electrons. The van der Waals surface area contributed by atoms with Crippen LogP contribution in [0.3, 0.4) is 0 Å². The molecule has 2 heterocycles. The standard InChI is InChI=1S/C35H42F4N4O7/c1-7-9-10-21-22-13-18(22)14-26(21)50-33(46)42-28(34(3,4)5)30(44)43-17-20(16-25(43)31(45)47-6)48-29-27(35(38,39)8-2)40-23-12-11-19(49-32(36)37)15-24(23)41-29/h7-8,11-12,15,18,20-22,25-26,28,32H,1-2,9-10,13-14,16-17H2,3-6H3,(H,42,46)/t18?,20-,21-,22+,25+,26-,28-/m1/s1. The first-order chi connectivity index (χ1) is 23.6. The number of fused-ring (bicyclic) bond motifs is 2. The van der Waals surface area contributed by atoms with Gasteiger partial charge in [0, 0.05) is 12.5 Å². The van der Waals surface area contributed by atoms with E-state index in [1.807, 2.05) is 6.08 Å². The molecule has 1 unspecified atom stereocenters. The van der Waals surface area contributed by atoms with Gasteiger partial charge in [0.05, 0.1) is 24.7 Å². The molecule has 2 saturated carbocycles. The first-order valence-corrected chi connectivity index (χ1v) is 16.5. The van der Waals surface area contributed by atoms with E-state index in [1.54, 1.807) is 20.8 Å². The predicted molar refractivity (Wildman–Crippen MR) is 173 cm³/mol. The number of alkyl halides is 4. The van der Waals surface area contributed by atoms with Crippen LogP contribution in [-0.2, 0) is 25.0 Å². The first-order valence-electron chi connectivity index (χ1n) is 16.5. The summed E-state index contributed by atoms with van der Waals surface area (Å²) in [7, 11) is 1.14. The summed E-state index contributed by atoms with van der Waals surface area (Å²) in [5.74, 6) is -4.83. The van der Waals surface area contributed by atoms with E-state index in [0.29, 0.717) is 17.9 Å². The van der Waals surface area contributed by atoms with Crippen molar-refractivity contribution in [3.63, 3.8) is 0 Å². The first kappa shape index (κ1) is 36.8. The maximum atomic E-state index is 15.1. The third-order valence-corrected chi connectivity index (χ3v) is 9.58. The smallest absolute Gasteiger partial charge is 0.408 e. The fraction of sp³-hybridized carbons (Fsp3) is 0.571. The molecule has 2 amide bonds. The van der Waals surface area contributed by atoms with Gasteiger partial charge in [0.2, 0.25) is 11.8 Å². The number of aromatic nitrogens is 2. The van der Waals surface area contributed by atoms with Crippen molar-refractivity contribution in [3.05, 3.63) is 49.2 Å². The van der Waals surface area contributed by atoms with Gasteiger partial charge in [-0.05, 0) is 67.1 Å². The van der Waals surface area contributed by atoms with Gasteiger partial charge in [-0.15, -0.1) is 6.58 Å². The number of carbonyl (C=O) groups excluding carboxylic acids is 3. The molecule has 1 N–H and O–H groups in total. The molecule has 2 aromatic rings. The van der Waals surface area contributed by atoms with Gasteiger partial charge in [-0.2, -0.15) is 17.6 Å². The van der Waals surface area contributed by atoms with Crippen LogP contribution in [0, 0.1) is 23.2 Å². The third-order valence-electron chi connectivity index (χ3n) is 9.58. The highest BCUT2D eigenvalue weighted by molar-refractivity contribution is 5.91. The number of esters is 1. The quantitative estimate of drug-likeness (QED) is 0.148. The highest BCUT2D eigenvalue weighted by Crippen LogP contribution is 2.57. The maximum Gasteiger partial charge on any atom is 0.408 e. The van der Waals surface area contributed by atoms with Crippen LogP contribution in [0.25, 0.3) is 11.0 Å². The van der Waals surface area contributed by atoms with E-state index in [0.717, 1.165) is 44.9 Å². The molecule has 1 aromatic carbocycles. The number of methoxy groups -OCH3 is 1. The van der Waals surface area contributed by atoms with Crippen LogP contribution in [0.1, 0.15) is 58.6 Å². The maximum absolute atomic E-state index is 15.1. The number of carbonyl (C=O) groups is 3. The largest absolute Gasteiger partial charge is 0.471 e. The van der Waals surface area contributed by atoms with Gasteiger partial charge in [0.15, 0.2) is 5.69 Å². The monoisotopic (exact) mass is 706 g/mol. The Bertz CT molecular complexity index is 1630. The Kier molecular flexibility index (Phi) is 10.6. The Hall–Kier alpha value is -4.43. The zero-order valence-electron chi connectivity index (χ0n) is 28.4. The molecular formula is C35H42F4N4O7. The summed E-state index contributed by atoms with van der Waals surface area (Å²) in [6, 6.07) is 1.06. The van der Waals surface area contributed by atoms with Crippen LogP contribution in [0.2, 0.25) is 0 Å². The van der Waals surface area contributed by atoms with Crippen LogP contribution in [-0.4, -0.2) is 77.4 Å². The Morgan fingerprint density at radius 3 is 2.48 bits per heavy atom. The van der Waals surface area contributed by atoms with Crippen molar-refractivity contribution < 1.29 is 50.9 Å². The summed E-state index contributed by atoms with van der Waals surface area (Å²) in [4.78, 5) is 49.7. The Morgan fingerprint density at radius 2 is 1.84 bits per heavy atom. The normalized spacial score (nSPS) is 25.1. The summed E-state index contributed by atoms with van der Waals surface area (Å²) >= 11 is 0. The van der Waals surface area contributed by atoms with Crippen LogP contribution >= 0.6 is 0 Å². The molecule has 3 fully saturated rings. The highest BCUT2D eigenvalue weighted by Gasteiger charge is 2.54. The fourth-order valence-corrected chi connectivity index (χ4v) is 7.00. The SMILES string of the molecule is C=CCC[C@H]1[C@H](OC(=O)N[C@H](C(=O)N2C[C@H](Oc3nc4cc(OC(F)F)ccc4nc3C(F)(F)C=C)C[C@H]2C(=O)OC)C(C)(C)C)CC2C[C@@H]21. The van der Waals surface area contributed by atoms with Crippen molar-refractivity contribution in [2.24, 2.45) is 23.2 Å². The molecule has 1 aliphatic heterocycles. The minimum atomic E-state index is -3.73. The van der Waals surface area contributed by atoms with Crippen LogP contribution in [0.5, 0.6) is 11.6 Å². The van der Waals surface area contributed by atoms with Crippen molar-refractivity contribution in [2.75, 3.05) is 13.7 Å². The molecule has 0 spiro atoms. The minimum Gasteiger partial charge on any atom is -0.471 e. The number of alkyl carbamates (subject to hydrolysis) is 1. The molecular weight excluding hydrogens is 664 g/mol. The number of ether oxygens (including phenoxy) is 4. The number of halogens is 4. The van der Waals surface area contributed by atoms with Gasteiger partial charge in [0.1, 0.15) is 30.0 Å². The van der Waals surface area contributed by atoms with E-state index in [1.165, 1.54) is 11.0 Å². The number of nitrogens with zero attached hydrogens (tertiary/aromatic N) is 3. The van der Waals surface area contributed by atoms with Crippen LogP contribution in [0.4, 0.5) is 22.4 Å². The lowest BCUT2D eigenvalue weighted by Crippen LogP contribution is -2.57. The van der Waals surface area contributed by atoms with E-state index in [-0.39, 0.29) is 41.8 Å². The zero-order valence-corrected chi connectivity index (χ0v) is 28.4. The lowest BCUT2D eigenvalue weighted by atomic mass is 9.85. The van der Waals surface area contributed by atoms with E-state index >= 15 is 8.78 Å². The number of rotatable bonds is 13. The second-order valence-corrected chi connectivity index (χ2v) is 14.1. The highest BCUT2D eigenvalue weighted by atomic mass is 19.3. The number of hydrogen-bond acceptors (Lipinski definition) is 9. The van der Waals surface area contributed by atoms with Gasteiger partial charge in [-0.1, -0.05) is 33.4 Å². The van der Waals surface area contributed by atoms with Crippen molar-refractivity contribution in [2.45, 2.75) is 89.7 Å². The number of amides is 2. The number of likely N-dealkylation sites (tertiary alicyclic amines) is 1. The topological polar surface area (TPSA) is 129 Å². The second kappa shape index (κ2) is 14.4. The Morgan fingerprint density at radius 1 is 1.10 bits per heavy atom. The van der Waals surface area contributed by atoms with E-state index in [4.69, 9.17) is 14.2 Å². The van der Waals surface area contributed by atoms with Crippen molar-refractivity contribution in [1.82, 2.24) is 20.2 Å². The third kappa shape index (κ3) is 7.96. The minimum absolute atomic E-state index is 0.0567. The summed E-state index contributed by atoms with van der Waals surface area (Å²) in [5, 5.41) is 2.72. The van der Waals surface area contributed by atoms with Crippen LogP contribution in [0.15, 0.2) is 43.5 Å². The zero-order chi connectivity index (χ0) is 36.5. The molecule has 11 nitrogen and oxygen atoms in total. The van der Waals surface area contributed by atoms with Crippen LogP contribution < -0.4 is 14.8 Å². The second-order valence-electron chi connectivity index (χ2n) is 14.1. The average Bonchev–Trinajstić information content (AvgIpc) is 3.54. The van der Waals surface area contributed by atoms with Gasteiger partial charge < -0.3 is 29.2 Å². The number of nitrogens with one attached hydrogen (secondary N) is 1. The predicted octanol–water partition coefficient (Wildman–Crippen LogP) is 6.16. The molecule has 1 saturated heterocycles. The number of allylic oxidation sites excluding steroid dienone is 2. The Labute approximate surface area is 287 Å². The van der Waals surface area contributed by atoms with Gasteiger partial charge >= 0.3 is 24.6 Å². The summed E-state index contributed by atoms with van der Waals surface area (Å²) in [6.07, 6.45) is 3.43. The molecule has 0 bridgehead atoms. The van der Waals surface area contributed by atoms with Gasteiger partial charge in [0.25, 0.3) is 0 Å². The van der Waals surface area contributed by atoms with E-state index in [9.17, 15) is 23.2 Å². The van der Waals surface area contributed by atoms with E-state index in [2.05, 4.69) is 33.2 Å². The van der Waals surface area contributed by atoms with Gasteiger partial charge in [-0.3, -0.25) is 4.79 Å². The number of benzene rings is 1. The van der Waals surface area contributed by atoms with Crippen molar-refractivity contribution in [1.29, 1.82) is 0 Å². The molecule has 5 rings (SSSR count). The fourth-order valence-electron chi connectivity index (χ4n) is 7.00.